The van der Waals surface area contributed by atoms with Gasteiger partial charge >= 0.3 is 0 Å². The second kappa shape index (κ2) is 7.58. The van der Waals surface area contributed by atoms with Gasteiger partial charge in [-0.1, -0.05) is 50.6 Å². The number of aryl methyl sites for hydroxylation is 2. The van der Waals surface area contributed by atoms with Crippen LogP contribution in [0.2, 0.25) is 0 Å². The van der Waals surface area contributed by atoms with Crippen LogP contribution in [0.15, 0.2) is 39.6 Å². The molecule has 0 saturated carbocycles. The Balaban J connectivity index is 2.40. The third kappa shape index (κ3) is 3.49. The van der Waals surface area contributed by atoms with Gasteiger partial charge in [0.05, 0.1) is 4.90 Å². The molecule has 0 N–H and O–H groups in total. The van der Waals surface area contributed by atoms with Crippen LogP contribution in [0.25, 0.3) is 11.1 Å². The summed E-state index contributed by atoms with van der Waals surface area (Å²) in [5, 5.41) is 0. The number of unbranched alkanes of at least 4 members (excludes halogenated alkanes) is 1. The van der Waals surface area contributed by atoms with E-state index < -0.39 is 0 Å². The van der Waals surface area contributed by atoms with E-state index in [1.165, 1.54) is 41.0 Å². The fourth-order valence-corrected chi connectivity index (χ4v) is 3.50. The first-order valence-electron chi connectivity index (χ1n) is 7.58. The molecule has 2 heteroatoms. The molecular weight excluding hydrogens is 264 g/mol. The number of hydrogen-bond acceptors (Lipinski definition) is 2. The molecule has 0 atom stereocenters. The highest BCUT2D eigenvalue weighted by atomic mass is 32.2. The van der Waals surface area contributed by atoms with Gasteiger partial charge in [0, 0.05) is 12.0 Å². The van der Waals surface area contributed by atoms with E-state index in [1.54, 1.807) is 0 Å². The first-order valence-corrected chi connectivity index (χ1v) is 8.57. The lowest BCUT2D eigenvalue weighted by molar-refractivity contribution is 0.469. The van der Waals surface area contributed by atoms with Crippen LogP contribution in [0.5, 0.6) is 0 Å². The third-order valence-electron chi connectivity index (χ3n) is 3.38. The minimum Gasteiger partial charge on any atom is -0.465 e. The minimum atomic E-state index is 1.05. The molecule has 0 aliphatic carbocycles. The molecule has 0 unspecified atom stereocenters. The molecule has 0 bridgehead atoms. The highest BCUT2D eigenvalue weighted by Crippen LogP contribution is 2.40. The van der Waals surface area contributed by atoms with E-state index in [1.807, 2.05) is 11.8 Å². The maximum absolute atomic E-state index is 6.08. The standard InChI is InChI=1S/C18H24OS/c1-4-6-12-16-18(20-13-5-2)17(14(3)19-16)15-10-8-7-9-11-15/h7-11H,4-6,12-13H2,1-3H3. The van der Waals surface area contributed by atoms with Crippen molar-refractivity contribution >= 4 is 11.8 Å². The molecule has 0 radical (unpaired) electrons. The molecule has 108 valence electrons. The molecule has 2 rings (SSSR count). The number of thioether (sulfide) groups is 1. The largest absolute Gasteiger partial charge is 0.465 e. The lowest BCUT2D eigenvalue weighted by atomic mass is 10.1. The van der Waals surface area contributed by atoms with Gasteiger partial charge in [-0.3, -0.25) is 0 Å². The summed E-state index contributed by atoms with van der Waals surface area (Å²) in [5.41, 5.74) is 2.57. The highest BCUT2D eigenvalue weighted by molar-refractivity contribution is 7.99. The zero-order chi connectivity index (χ0) is 14.4. The van der Waals surface area contributed by atoms with Gasteiger partial charge in [-0.25, -0.2) is 0 Å². The molecule has 0 spiro atoms. The molecule has 0 aliphatic heterocycles. The molecular formula is C18H24OS. The zero-order valence-electron chi connectivity index (χ0n) is 12.7. The van der Waals surface area contributed by atoms with E-state index in [4.69, 9.17) is 4.42 Å². The van der Waals surface area contributed by atoms with E-state index in [-0.39, 0.29) is 0 Å². The van der Waals surface area contributed by atoms with Crippen LogP contribution in [-0.4, -0.2) is 5.75 Å². The smallest absolute Gasteiger partial charge is 0.118 e. The molecule has 0 fully saturated rings. The second-order valence-corrected chi connectivity index (χ2v) is 6.21. The summed E-state index contributed by atoms with van der Waals surface area (Å²) in [5.74, 6) is 3.39. The molecule has 1 heterocycles. The molecule has 1 aromatic carbocycles. The average Bonchev–Trinajstić information content (AvgIpc) is 2.79. The predicted molar refractivity (Wildman–Crippen MR) is 88.5 cm³/mol. The van der Waals surface area contributed by atoms with Crippen molar-refractivity contribution in [2.45, 2.75) is 51.3 Å². The van der Waals surface area contributed by atoms with Crippen molar-refractivity contribution in [1.29, 1.82) is 0 Å². The number of benzene rings is 1. The minimum absolute atomic E-state index is 1.05. The normalized spacial score (nSPS) is 10.9. The van der Waals surface area contributed by atoms with Gasteiger partial charge < -0.3 is 4.42 Å². The molecule has 0 saturated heterocycles. The topological polar surface area (TPSA) is 13.1 Å². The molecule has 1 nitrogen and oxygen atoms in total. The maximum Gasteiger partial charge on any atom is 0.118 e. The van der Waals surface area contributed by atoms with Crippen molar-refractivity contribution in [3.63, 3.8) is 0 Å². The van der Waals surface area contributed by atoms with E-state index in [0.29, 0.717) is 0 Å². The Bertz CT molecular complexity index is 528. The fourth-order valence-electron chi connectivity index (χ4n) is 2.38. The summed E-state index contributed by atoms with van der Waals surface area (Å²) in [6.07, 6.45) is 4.64. The van der Waals surface area contributed by atoms with Gasteiger partial charge in [0.15, 0.2) is 0 Å². The van der Waals surface area contributed by atoms with Crippen molar-refractivity contribution in [2.24, 2.45) is 0 Å². The van der Waals surface area contributed by atoms with E-state index in [0.717, 1.165) is 17.9 Å². The Morgan fingerprint density at radius 1 is 1.05 bits per heavy atom. The zero-order valence-corrected chi connectivity index (χ0v) is 13.6. The van der Waals surface area contributed by atoms with Crippen LogP contribution in [0.3, 0.4) is 0 Å². The Morgan fingerprint density at radius 3 is 2.45 bits per heavy atom. The van der Waals surface area contributed by atoms with Crippen LogP contribution in [0, 0.1) is 6.92 Å². The number of furan rings is 1. The van der Waals surface area contributed by atoms with Crippen molar-refractivity contribution in [1.82, 2.24) is 0 Å². The van der Waals surface area contributed by atoms with Gasteiger partial charge in [0.1, 0.15) is 11.5 Å². The summed E-state index contributed by atoms with van der Waals surface area (Å²) in [7, 11) is 0. The van der Waals surface area contributed by atoms with Gasteiger partial charge in [-0.15, -0.1) is 11.8 Å². The summed E-state index contributed by atoms with van der Waals surface area (Å²) >= 11 is 1.95. The first kappa shape index (κ1) is 15.2. The van der Waals surface area contributed by atoms with Crippen LogP contribution in [0.1, 0.15) is 44.6 Å². The van der Waals surface area contributed by atoms with Crippen molar-refractivity contribution in [3.8, 4) is 11.1 Å². The maximum atomic E-state index is 6.08. The summed E-state index contributed by atoms with van der Waals surface area (Å²) < 4.78 is 6.08. The van der Waals surface area contributed by atoms with Crippen LogP contribution in [0.4, 0.5) is 0 Å². The van der Waals surface area contributed by atoms with E-state index >= 15 is 0 Å². The van der Waals surface area contributed by atoms with Crippen LogP contribution >= 0.6 is 11.8 Å². The summed E-state index contributed by atoms with van der Waals surface area (Å²) in [4.78, 5) is 1.36. The SMILES string of the molecule is CCCCc1oc(C)c(-c2ccccc2)c1SCCC. The molecule has 0 amide bonds. The van der Waals surface area contributed by atoms with Crippen molar-refractivity contribution in [2.75, 3.05) is 5.75 Å². The summed E-state index contributed by atoms with van der Waals surface area (Å²) in [6.45, 7) is 6.55. The van der Waals surface area contributed by atoms with Gasteiger partial charge in [0.25, 0.3) is 0 Å². The Hall–Kier alpha value is -1.15. The monoisotopic (exact) mass is 288 g/mol. The van der Waals surface area contributed by atoms with E-state index in [9.17, 15) is 0 Å². The first-order chi connectivity index (χ1) is 9.77. The fraction of sp³-hybridized carbons (Fsp3) is 0.444. The quantitative estimate of drug-likeness (QED) is 0.571. The molecule has 20 heavy (non-hydrogen) atoms. The van der Waals surface area contributed by atoms with Crippen molar-refractivity contribution < 1.29 is 4.42 Å². The van der Waals surface area contributed by atoms with E-state index in [2.05, 4.69) is 51.1 Å². The predicted octanol–water partition coefficient (Wildman–Crippen LogP) is 6.10. The molecule has 0 aliphatic rings. The van der Waals surface area contributed by atoms with Crippen molar-refractivity contribution in [3.05, 3.63) is 41.9 Å². The van der Waals surface area contributed by atoms with Gasteiger partial charge in [-0.05, 0) is 31.1 Å². The van der Waals surface area contributed by atoms with Gasteiger partial charge in [0.2, 0.25) is 0 Å². The van der Waals surface area contributed by atoms with Crippen LogP contribution in [-0.2, 0) is 6.42 Å². The van der Waals surface area contributed by atoms with Crippen LogP contribution < -0.4 is 0 Å². The summed E-state index contributed by atoms with van der Waals surface area (Å²) in [6, 6.07) is 10.6. The average molecular weight is 288 g/mol. The third-order valence-corrected chi connectivity index (χ3v) is 4.71. The Kier molecular flexibility index (Phi) is 5.78. The Morgan fingerprint density at radius 2 is 1.80 bits per heavy atom. The lowest BCUT2D eigenvalue weighted by Crippen LogP contribution is -1.87. The Labute approximate surface area is 126 Å². The van der Waals surface area contributed by atoms with Gasteiger partial charge in [-0.2, -0.15) is 0 Å². The molecule has 2 aromatic rings. The number of hydrogen-bond donors (Lipinski definition) is 0. The highest BCUT2D eigenvalue weighted by Gasteiger charge is 2.18. The second-order valence-electron chi connectivity index (χ2n) is 5.10. The lowest BCUT2D eigenvalue weighted by Gasteiger charge is -2.05. The molecule has 1 aromatic heterocycles. The number of rotatable bonds is 7.